The fraction of sp³-hybridized carbons (Fsp3) is 0.0833. The van der Waals surface area contributed by atoms with Gasteiger partial charge in [0.15, 0.2) is 0 Å². The number of nitrogens with zero attached hydrogens (tertiary/aromatic N) is 2. The van der Waals surface area contributed by atoms with Crippen molar-refractivity contribution in [3.63, 3.8) is 0 Å². The smallest absolute Gasteiger partial charge is 0.257 e. The van der Waals surface area contributed by atoms with Crippen LogP contribution >= 0.6 is 0 Å². The van der Waals surface area contributed by atoms with Crippen molar-refractivity contribution >= 4 is 11.6 Å². The molecule has 2 rings (SSSR count). The van der Waals surface area contributed by atoms with Gasteiger partial charge in [0.05, 0.1) is 24.6 Å². The van der Waals surface area contributed by atoms with Crippen molar-refractivity contribution in [3.05, 3.63) is 53.9 Å². The molecule has 5 heteroatoms. The molecule has 86 valence electrons. The number of aromatic nitrogens is 2. The van der Waals surface area contributed by atoms with Crippen LogP contribution in [0.15, 0.2) is 42.7 Å². The van der Waals surface area contributed by atoms with Gasteiger partial charge < -0.3 is 10.4 Å². The molecule has 1 amide bonds. The SMILES string of the molecule is O=C(Nc1ccccc1CO)c1ccnnc1. The number of nitrogens with one attached hydrogen (secondary N) is 1. The molecule has 0 bridgehead atoms. The predicted molar refractivity (Wildman–Crippen MR) is 62.4 cm³/mol. The number of para-hydroxylation sites is 1. The second kappa shape index (κ2) is 5.18. The van der Waals surface area contributed by atoms with Gasteiger partial charge in [-0.3, -0.25) is 4.79 Å². The van der Waals surface area contributed by atoms with Crippen LogP contribution in [0, 0.1) is 0 Å². The van der Waals surface area contributed by atoms with E-state index in [9.17, 15) is 4.79 Å². The Morgan fingerprint density at radius 1 is 1.24 bits per heavy atom. The number of aliphatic hydroxyl groups is 1. The maximum Gasteiger partial charge on any atom is 0.257 e. The Labute approximate surface area is 98.1 Å². The number of carbonyl (C=O) groups excluding carboxylic acids is 1. The summed E-state index contributed by atoms with van der Waals surface area (Å²) in [6, 6.07) is 8.65. The number of carbonyl (C=O) groups is 1. The first-order chi connectivity index (χ1) is 8.31. The van der Waals surface area contributed by atoms with Crippen molar-refractivity contribution in [1.29, 1.82) is 0 Å². The topological polar surface area (TPSA) is 75.1 Å². The first-order valence-electron chi connectivity index (χ1n) is 5.08. The first-order valence-corrected chi connectivity index (χ1v) is 5.08. The lowest BCUT2D eigenvalue weighted by atomic mass is 10.2. The molecular weight excluding hydrogens is 218 g/mol. The summed E-state index contributed by atoms with van der Waals surface area (Å²) < 4.78 is 0. The van der Waals surface area contributed by atoms with E-state index in [1.165, 1.54) is 12.4 Å². The molecule has 2 aromatic rings. The largest absolute Gasteiger partial charge is 0.392 e. The van der Waals surface area contributed by atoms with E-state index < -0.39 is 0 Å². The highest BCUT2D eigenvalue weighted by Crippen LogP contribution is 2.15. The number of amides is 1. The van der Waals surface area contributed by atoms with Gasteiger partial charge in [-0.25, -0.2) is 0 Å². The van der Waals surface area contributed by atoms with E-state index in [2.05, 4.69) is 15.5 Å². The van der Waals surface area contributed by atoms with E-state index >= 15 is 0 Å². The molecule has 0 aliphatic heterocycles. The molecule has 5 nitrogen and oxygen atoms in total. The van der Waals surface area contributed by atoms with Gasteiger partial charge in [-0.15, -0.1) is 0 Å². The minimum Gasteiger partial charge on any atom is -0.392 e. The van der Waals surface area contributed by atoms with Crippen LogP contribution in [0.4, 0.5) is 5.69 Å². The molecule has 1 heterocycles. The van der Waals surface area contributed by atoms with Crippen molar-refractivity contribution in [2.45, 2.75) is 6.61 Å². The predicted octanol–water partition coefficient (Wildman–Crippen LogP) is 1.22. The van der Waals surface area contributed by atoms with E-state index in [4.69, 9.17) is 5.11 Å². The minimum absolute atomic E-state index is 0.120. The number of anilines is 1. The summed E-state index contributed by atoms with van der Waals surface area (Å²) in [5, 5.41) is 19.1. The third kappa shape index (κ3) is 2.64. The maximum absolute atomic E-state index is 11.8. The Kier molecular flexibility index (Phi) is 3.42. The highest BCUT2D eigenvalue weighted by atomic mass is 16.3. The van der Waals surface area contributed by atoms with Gasteiger partial charge in [-0.05, 0) is 12.1 Å². The van der Waals surface area contributed by atoms with Crippen LogP contribution in [0.2, 0.25) is 0 Å². The third-order valence-electron chi connectivity index (χ3n) is 2.28. The van der Waals surface area contributed by atoms with E-state index in [0.717, 1.165) is 0 Å². The van der Waals surface area contributed by atoms with E-state index in [0.29, 0.717) is 16.8 Å². The molecule has 0 saturated heterocycles. The van der Waals surface area contributed by atoms with Gasteiger partial charge in [0, 0.05) is 11.3 Å². The summed E-state index contributed by atoms with van der Waals surface area (Å²) in [5.41, 5.74) is 1.69. The van der Waals surface area contributed by atoms with Crippen molar-refractivity contribution in [2.75, 3.05) is 5.32 Å². The highest BCUT2D eigenvalue weighted by molar-refractivity contribution is 6.04. The molecule has 0 aliphatic rings. The zero-order valence-corrected chi connectivity index (χ0v) is 9.00. The number of hydrogen-bond acceptors (Lipinski definition) is 4. The molecule has 0 unspecified atom stereocenters. The lowest BCUT2D eigenvalue weighted by Crippen LogP contribution is -2.13. The fourth-order valence-electron chi connectivity index (χ4n) is 1.40. The Morgan fingerprint density at radius 3 is 2.76 bits per heavy atom. The maximum atomic E-state index is 11.8. The van der Waals surface area contributed by atoms with Crippen LogP contribution in [0.25, 0.3) is 0 Å². The second-order valence-electron chi connectivity index (χ2n) is 3.40. The van der Waals surface area contributed by atoms with E-state index in [1.807, 2.05) is 0 Å². The lowest BCUT2D eigenvalue weighted by Gasteiger charge is -2.08. The molecule has 1 aromatic heterocycles. The van der Waals surface area contributed by atoms with E-state index in [-0.39, 0.29) is 12.5 Å². The molecule has 0 radical (unpaired) electrons. The Hall–Kier alpha value is -2.27. The molecule has 0 atom stereocenters. The molecule has 0 saturated carbocycles. The second-order valence-corrected chi connectivity index (χ2v) is 3.40. The molecular formula is C12H11N3O2. The first kappa shape index (κ1) is 11.2. The highest BCUT2D eigenvalue weighted by Gasteiger charge is 2.08. The van der Waals surface area contributed by atoms with Gasteiger partial charge >= 0.3 is 0 Å². The van der Waals surface area contributed by atoms with Crippen molar-refractivity contribution < 1.29 is 9.90 Å². The summed E-state index contributed by atoms with van der Waals surface area (Å²) in [5.74, 6) is -0.277. The van der Waals surface area contributed by atoms with Crippen LogP contribution in [-0.2, 0) is 6.61 Å². The van der Waals surface area contributed by atoms with Crippen molar-refractivity contribution in [2.24, 2.45) is 0 Å². The zero-order valence-electron chi connectivity index (χ0n) is 9.00. The molecule has 2 N–H and O–H groups in total. The average molecular weight is 229 g/mol. The van der Waals surface area contributed by atoms with Crippen LogP contribution in [0.3, 0.4) is 0 Å². The van der Waals surface area contributed by atoms with Crippen LogP contribution in [0.1, 0.15) is 15.9 Å². The van der Waals surface area contributed by atoms with Gasteiger partial charge in [-0.1, -0.05) is 18.2 Å². The monoisotopic (exact) mass is 229 g/mol. The van der Waals surface area contributed by atoms with Gasteiger partial charge in [0.2, 0.25) is 0 Å². The van der Waals surface area contributed by atoms with Crippen LogP contribution in [0.5, 0.6) is 0 Å². The number of hydrogen-bond donors (Lipinski definition) is 2. The standard InChI is InChI=1S/C12H11N3O2/c16-8-10-3-1-2-4-11(10)15-12(17)9-5-6-13-14-7-9/h1-7,16H,8H2,(H,15,17). The third-order valence-corrected chi connectivity index (χ3v) is 2.28. The van der Waals surface area contributed by atoms with Crippen molar-refractivity contribution in [1.82, 2.24) is 10.2 Å². The number of benzene rings is 1. The fourth-order valence-corrected chi connectivity index (χ4v) is 1.40. The van der Waals surface area contributed by atoms with Crippen molar-refractivity contribution in [3.8, 4) is 0 Å². The summed E-state index contributed by atoms with van der Waals surface area (Å²) >= 11 is 0. The number of aliphatic hydroxyl groups excluding tert-OH is 1. The summed E-state index contributed by atoms with van der Waals surface area (Å²) in [7, 11) is 0. The van der Waals surface area contributed by atoms with Gasteiger partial charge in [0.25, 0.3) is 5.91 Å². The van der Waals surface area contributed by atoms with Gasteiger partial charge in [-0.2, -0.15) is 10.2 Å². The summed E-state index contributed by atoms with van der Waals surface area (Å²) in [4.78, 5) is 11.8. The lowest BCUT2D eigenvalue weighted by molar-refractivity contribution is 0.102. The summed E-state index contributed by atoms with van der Waals surface area (Å²) in [6.07, 6.45) is 2.84. The Morgan fingerprint density at radius 2 is 2.06 bits per heavy atom. The zero-order chi connectivity index (χ0) is 12.1. The Bertz CT molecular complexity index is 514. The quantitative estimate of drug-likeness (QED) is 0.829. The molecule has 17 heavy (non-hydrogen) atoms. The normalized spacial score (nSPS) is 9.94. The van der Waals surface area contributed by atoms with E-state index in [1.54, 1.807) is 30.3 Å². The average Bonchev–Trinajstić information content (AvgIpc) is 2.40. The van der Waals surface area contributed by atoms with Gasteiger partial charge in [0.1, 0.15) is 0 Å². The van der Waals surface area contributed by atoms with Crippen LogP contribution < -0.4 is 5.32 Å². The molecule has 0 fully saturated rings. The minimum atomic E-state index is -0.277. The Balaban J connectivity index is 2.19. The summed E-state index contributed by atoms with van der Waals surface area (Å²) in [6.45, 7) is -0.120. The molecule has 1 aromatic carbocycles. The number of rotatable bonds is 3. The van der Waals surface area contributed by atoms with Crippen LogP contribution in [-0.4, -0.2) is 21.2 Å². The molecule has 0 spiro atoms. The molecule has 0 aliphatic carbocycles.